The van der Waals surface area contributed by atoms with Crippen LogP contribution in [-0.2, 0) is 4.79 Å². The van der Waals surface area contributed by atoms with Crippen LogP contribution in [-0.4, -0.2) is 11.6 Å². The Bertz CT molecular complexity index is 549. The SMILES string of the molecule is CC1CC(=O)NN=C1c1ccc2c(c1)N=N[N]2. The normalized spacial score (nSPS) is 21.6. The molecule has 1 amide bonds. The number of nitrogens with zero attached hydrogens (tertiary/aromatic N) is 4. The highest BCUT2D eigenvalue weighted by atomic mass is 16.2. The maximum atomic E-state index is 11.2. The first-order valence-electron chi connectivity index (χ1n) is 5.36. The van der Waals surface area contributed by atoms with Gasteiger partial charge in [-0.05, 0) is 17.4 Å². The molecule has 2 aliphatic rings. The molecule has 1 radical (unpaired) electrons. The molecule has 2 heterocycles. The summed E-state index contributed by atoms with van der Waals surface area (Å²) < 4.78 is 0. The number of amides is 1. The quantitative estimate of drug-likeness (QED) is 0.781. The zero-order chi connectivity index (χ0) is 11.8. The zero-order valence-corrected chi connectivity index (χ0v) is 9.21. The largest absolute Gasteiger partial charge is 0.273 e. The summed E-state index contributed by atoms with van der Waals surface area (Å²) in [7, 11) is 0. The number of fused-ring (bicyclic) bond motifs is 1. The van der Waals surface area contributed by atoms with Crippen molar-refractivity contribution in [3.8, 4) is 0 Å². The van der Waals surface area contributed by atoms with Gasteiger partial charge in [-0.3, -0.25) is 4.79 Å². The van der Waals surface area contributed by atoms with Gasteiger partial charge in [-0.1, -0.05) is 13.0 Å². The number of hydrogen-bond donors (Lipinski definition) is 1. The van der Waals surface area contributed by atoms with Crippen LogP contribution >= 0.6 is 0 Å². The van der Waals surface area contributed by atoms with Crippen LogP contribution in [0.2, 0.25) is 0 Å². The van der Waals surface area contributed by atoms with Gasteiger partial charge in [-0.25, -0.2) is 5.43 Å². The summed E-state index contributed by atoms with van der Waals surface area (Å²) in [5, 5.41) is 11.6. The van der Waals surface area contributed by atoms with Gasteiger partial charge in [-0.15, -0.1) is 10.5 Å². The molecule has 0 aliphatic carbocycles. The van der Waals surface area contributed by atoms with Gasteiger partial charge in [0.1, 0.15) is 11.4 Å². The molecular formula is C11H10N5O. The van der Waals surface area contributed by atoms with E-state index in [1.807, 2.05) is 25.1 Å². The average molecular weight is 228 g/mol. The van der Waals surface area contributed by atoms with E-state index in [9.17, 15) is 4.79 Å². The van der Waals surface area contributed by atoms with Crippen molar-refractivity contribution in [3.63, 3.8) is 0 Å². The van der Waals surface area contributed by atoms with Crippen molar-refractivity contribution in [2.75, 3.05) is 0 Å². The summed E-state index contributed by atoms with van der Waals surface area (Å²) in [4.78, 5) is 11.2. The van der Waals surface area contributed by atoms with Gasteiger partial charge in [0.15, 0.2) is 0 Å². The van der Waals surface area contributed by atoms with Gasteiger partial charge in [-0.2, -0.15) is 5.10 Å². The van der Waals surface area contributed by atoms with E-state index in [0.717, 1.165) is 22.6 Å². The van der Waals surface area contributed by atoms with E-state index in [2.05, 4.69) is 26.3 Å². The molecule has 0 saturated heterocycles. The van der Waals surface area contributed by atoms with Crippen LogP contribution in [0.15, 0.2) is 33.6 Å². The fourth-order valence-electron chi connectivity index (χ4n) is 1.97. The first kappa shape index (κ1) is 9.95. The van der Waals surface area contributed by atoms with Crippen molar-refractivity contribution >= 4 is 23.0 Å². The summed E-state index contributed by atoms with van der Waals surface area (Å²) in [5.74, 6) is 0.0641. The zero-order valence-electron chi connectivity index (χ0n) is 9.21. The minimum absolute atomic E-state index is 0.0444. The molecule has 0 fully saturated rings. The number of benzene rings is 1. The van der Waals surface area contributed by atoms with Gasteiger partial charge in [0, 0.05) is 17.9 Å². The minimum Gasteiger partial charge on any atom is -0.273 e. The first-order valence-corrected chi connectivity index (χ1v) is 5.36. The summed E-state index contributed by atoms with van der Waals surface area (Å²) in [6, 6.07) is 5.67. The molecule has 1 atom stereocenters. The number of rotatable bonds is 1. The van der Waals surface area contributed by atoms with Gasteiger partial charge < -0.3 is 0 Å². The summed E-state index contributed by atoms with van der Waals surface area (Å²) >= 11 is 0. The van der Waals surface area contributed by atoms with Crippen molar-refractivity contribution in [1.29, 1.82) is 0 Å². The fraction of sp³-hybridized carbons (Fsp3) is 0.273. The van der Waals surface area contributed by atoms with Crippen molar-refractivity contribution in [3.05, 3.63) is 23.8 Å². The molecular weight excluding hydrogens is 218 g/mol. The predicted octanol–water partition coefficient (Wildman–Crippen LogP) is 1.79. The Morgan fingerprint density at radius 1 is 1.35 bits per heavy atom. The van der Waals surface area contributed by atoms with Crippen LogP contribution in [0.5, 0.6) is 0 Å². The monoisotopic (exact) mass is 228 g/mol. The third kappa shape index (κ3) is 1.67. The number of carbonyl (C=O) groups is 1. The Labute approximate surface area is 97.8 Å². The standard InChI is InChI=1S/C11H10N5O/c1-6-4-10(17)14-15-11(6)7-2-3-8-9(5-7)13-16-12-8/h2-3,5-6H,4H2,1H3,(H,14,17). The van der Waals surface area contributed by atoms with Crippen LogP contribution < -0.4 is 10.9 Å². The molecule has 6 heteroatoms. The maximum Gasteiger partial charge on any atom is 0.240 e. The van der Waals surface area contributed by atoms with Crippen LogP contribution in [0.1, 0.15) is 18.9 Å². The van der Waals surface area contributed by atoms with E-state index < -0.39 is 0 Å². The summed E-state index contributed by atoms with van der Waals surface area (Å²) in [6.45, 7) is 1.98. The molecule has 6 nitrogen and oxygen atoms in total. The van der Waals surface area contributed by atoms with E-state index >= 15 is 0 Å². The van der Waals surface area contributed by atoms with Gasteiger partial charge in [0.05, 0.1) is 5.71 Å². The fourth-order valence-corrected chi connectivity index (χ4v) is 1.97. The Morgan fingerprint density at radius 2 is 2.24 bits per heavy atom. The number of carbonyl (C=O) groups excluding carboxylic acids is 1. The van der Waals surface area contributed by atoms with Crippen LogP contribution in [0.25, 0.3) is 0 Å². The molecule has 0 saturated carbocycles. The van der Waals surface area contributed by atoms with Crippen molar-refractivity contribution in [2.45, 2.75) is 13.3 Å². The summed E-state index contributed by atoms with van der Waals surface area (Å²) in [5.41, 5.74) is 9.70. The number of hydrogen-bond acceptors (Lipinski definition) is 4. The van der Waals surface area contributed by atoms with Gasteiger partial charge in [0.2, 0.25) is 5.91 Å². The van der Waals surface area contributed by atoms with E-state index in [1.54, 1.807) is 0 Å². The van der Waals surface area contributed by atoms with Gasteiger partial charge in [0.25, 0.3) is 0 Å². The maximum absolute atomic E-state index is 11.2. The molecule has 3 rings (SSSR count). The second-order valence-corrected chi connectivity index (χ2v) is 4.13. The van der Waals surface area contributed by atoms with E-state index in [1.165, 1.54) is 0 Å². The third-order valence-electron chi connectivity index (χ3n) is 2.84. The second kappa shape index (κ2) is 3.65. The highest BCUT2D eigenvalue weighted by molar-refractivity contribution is 6.06. The Morgan fingerprint density at radius 3 is 3.06 bits per heavy atom. The lowest BCUT2D eigenvalue weighted by Gasteiger charge is -2.19. The number of hydrazone groups is 1. The van der Waals surface area contributed by atoms with Crippen LogP contribution in [0, 0.1) is 5.92 Å². The molecule has 17 heavy (non-hydrogen) atoms. The van der Waals surface area contributed by atoms with Crippen molar-refractivity contribution < 1.29 is 4.79 Å². The molecule has 0 spiro atoms. The van der Waals surface area contributed by atoms with Crippen LogP contribution in [0.4, 0.5) is 11.4 Å². The molecule has 1 unspecified atom stereocenters. The number of nitrogens with one attached hydrogen (secondary N) is 1. The molecule has 0 bridgehead atoms. The molecule has 1 N–H and O–H groups in total. The highest BCUT2D eigenvalue weighted by Crippen LogP contribution is 2.32. The average Bonchev–Trinajstić information content (AvgIpc) is 2.75. The Kier molecular flexibility index (Phi) is 2.14. The predicted molar refractivity (Wildman–Crippen MR) is 61.2 cm³/mol. The smallest absolute Gasteiger partial charge is 0.240 e. The first-order chi connectivity index (χ1) is 8.24. The van der Waals surface area contributed by atoms with Gasteiger partial charge >= 0.3 is 0 Å². The topological polar surface area (TPSA) is 80.3 Å². The molecule has 85 valence electrons. The van der Waals surface area contributed by atoms with Crippen LogP contribution in [0.3, 0.4) is 0 Å². The lowest BCUT2D eigenvalue weighted by Crippen LogP contribution is -2.31. The van der Waals surface area contributed by atoms with E-state index in [0.29, 0.717) is 6.42 Å². The van der Waals surface area contributed by atoms with Crippen molar-refractivity contribution in [2.24, 2.45) is 21.4 Å². The molecule has 0 aromatic heterocycles. The van der Waals surface area contributed by atoms with E-state index in [-0.39, 0.29) is 11.8 Å². The molecule has 1 aromatic carbocycles. The highest BCUT2D eigenvalue weighted by Gasteiger charge is 2.22. The minimum atomic E-state index is -0.0444. The third-order valence-corrected chi connectivity index (χ3v) is 2.84. The lowest BCUT2D eigenvalue weighted by atomic mass is 9.94. The summed E-state index contributed by atoms with van der Waals surface area (Å²) in [6.07, 6.45) is 0.460. The molecule has 2 aliphatic heterocycles. The molecule has 1 aromatic rings. The lowest BCUT2D eigenvalue weighted by molar-refractivity contribution is -0.121. The van der Waals surface area contributed by atoms with Crippen molar-refractivity contribution in [1.82, 2.24) is 10.9 Å². The second-order valence-electron chi connectivity index (χ2n) is 4.13. The Balaban J connectivity index is 1.99. The van der Waals surface area contributed by atoms with E-state index in [4.69, 9.17) is 0 Å². The Hall–Kier alpha value is -2.24.